The Bertz CT molecular complexity index is 2050. The molecule has 1 aliphatic carbocycles. The number of fused-ring (bicyclic) bond motifs is 3. The monoisotopic (exact) mass is 749 g/mol. The van der Waals surface area contributed by atoms with Crippen molar-refractivity contribution in [2.45, 2.75) is 90.4 Å². The minimum Gasteiger partial charge on any atom is -0.453 e. The zero-order valence-corrected chi connectivity index (χ0v) is 32.5. The van der Waals surface area contributed by atoms with Crippen LogP contribution in [0.15, 0.2) is 53.8 Å². The Balaban J connectivity index is 1.01. The first-order chi connectivity index (χ1) is 26.5. The van der Waals surface area contributed by atoms with Gasteiger partial charge in [-0.2, -0.15) is 0 Å². The van der Waals surface area contributed by atoms with Crippen LogP contribution in [0.1, 0.15) is 88.4 Å². The van der Waals surface area contributed by atoms with Crippen LogP contribution in [0.25, 0.3) is 28.0 Å². The van der Waals surface area contributed by atoms with E-state index < -0.39 is 24.3 Å². The predicted molar refractivity (Wildman–Crippen MR) is 209 cm³/mol. The fraction of sp³-hybridized carbons (Fsp3) is 0.476. The Kier molecular flexibility index (Phi) is 10.8. The number of aromatic nitrogens is 2. The molecule has 2 saturated heterocycles. The molecule has 0 radical (unpaired) electrons. The summed E-state index contributed by atoms with van der Waals surface area (Å²) in [5.74, 6) is 0.323. The molecule has 3 aliphatic heterocycles. The van der Waals surface area contributed by atoms with Crippen LogP contribution in [0.3, 0.4) is 0 Å². The van der Waals surface area contributed by atoms with Gasteiger partial charge >= 0.3 is 12.2 Å². The highest BCUT2D eigenvalue weighted by Crippen LogP contribution is 2.41. The lowest BCUT2D eigenvalue weighted by atomic mass is 9.95. The summed E-state index contributed by atoms with van der Waals surface area (Å²) in [6.45, 7) is 8.89. The maximum atomic E-state index is 13.6. The number of nitrogens with one attached hydrogen (secondary N) is 3. The third kappa shape index (κ3) is 7.48. The summed E-state index contributed by atoms with van der Waals surface area (Å²) in [5.41, 5.74) is 10.1. The highest BCUT2D eigenvalue weighted by Gasteiger charge is 2.39. The van der Waals surface area contributed by atoms with Crippen LogP contribution in [0.2, 0.25) is 0 Å². The summed E-state index contributed by atoms with van der Waals surface area (Å²) >= 11 is 0. The van der Waals surface area contributed by atoms with Gasteiger partial charge in [-0.15, -0.1) is 0 Å². The number of hydrogen-bond donors (Lipinski definition) is 3. The molecule has 290 valence electrons. The van der Waals surface area contributed by atoms with Crippen molar-refractivity contribution in [1.29, 1.82) is 0 Å². The largest absolute Gasteiger partial charge is 0.453 e. The van der Waals surface area contributed by atoms with E-state index in [1.807, 2.05) is 49.9 Å². The maximum Gasteiger partial charge on any atom is 0.407 e. The number of ether oxygens (including phenoxy) is 2. The second-order valence-electron chi connectivity index (χ2n) is 15.6. The minimum atomic E-state index is -0.685. The molecule has 0 unspecified atom stereocenters. The van der Waals surface area contributed by atoms with Crippen molar-refractivity contribution in [3.63, 3.8) is 0 Å². The van der Waals surface area contributed by atoms with Gasteiger partial charge in [0.15, 0.2) is 0 Å². The van der Waals surface area contributed by atoms with Crippen molar-refractivity contribution >= 4 is 35.3 Å². The SMILES string of the molecule is COC(=O)N[C@H](C(=O)N1CCC[C@H]1C1=NC=C(c2ccc3c(c2)Cc2cc(-c4cnc([C@@H]5CCCN5C(=O)[C@@H](NC(=O)OC)C(C)C)[nH]4)ccc2-3)C1)C(C)C. The second kappa shape index (κ2) is 15.7. The molecule has 2 fully saturated rings. The fourth-order valence-corrected chi connectivity index (χ4v) is 8.51. The molecule has 4 aliphatic rings. The number of rotatable bonds is 10. The van der Waals surface area contributed by atoms with Gasteiger partial charge in [0.1, 0.15) is 17.9 Å². The number of nitrogens with zero attached hydrogens (tertiary/aromatic N) is 4. The van der Waals surface area contributed by atoms with Gasteiger partial charge in [-0.3, -0.25) is 14.6 Å². The van der Waals surface area contributed by atoms with Crippen molar-refractivity contribution in [3.05, 3.63) is 71.3 Å². The van der Waals surface area contributed by atoms with Crippen LogP contribution < -0.4 is 10.6 Å². The van der Waals surface area contributed by atoms with Gasteiger partial charge in [0.05, 0.1) is 38.2 Å². The highest BCUT2D eigenvalue weighted by molar-refractivity contribution is 6.04. The lowest BCUT2D eigenvalue weighted by Crippen LogP contribution is -2.53. The molecule has 1 aromatic heterocycles. The first-order valence-electron chi connectivity index (χ1n) is 19.3. The van der Waals surface area contributed by atoms with Crippen LogP contribution in [0.5, 0.6) is 0 Å². The summed E-state index contributed by atoms with van der Waals surface area (Å²) in [6.07, 6.45) is 7.41. The second-order valence-corrected chi connectivity index (χ2v) is 15.6. The molecule has 2 aromatic carbocycles. The molecular formula is C42H51N7O6. The van der Waals surface area contributed by atoms with E-state index in [0.717, 1.165) is 66.0 Å². The average molecular weight is 750 g/mol. The Morgan fingerprint density at radius 2 is 1.31 bits per heavy atom. The molecule has 4 amide bonds. The molecule has 0 spiro atoms. The molecule has 4 heterocycles. The average Bonchev–Trinajstić information content (AvgIpc) is 4.02. The number of benzene rings is 2. The van der Waals surface area contributed by atoms with Crippen molar-refractivity contribution < 1.29 is 28.7 Å². The normalized spacial score (nSPS) is 19.9. The topological polar surface area (TPSA) is 158 Å². The van der Waals surface area contributed by atoms with Gasteiger partial charge in [0, 0.05) is 31.4 Å². The summed E-state index contributed by atoms with van der Waals surface area (Å²) < 4.78 is 9.56. The molecule has 3 aromatic rings. The lowest BCUT2D eigenvalue weighted by molar-refractivity contribution is -0.135. The molecule has 3 N–H and O–H groups in total. The van der Waals surface area contributed by atoms with Crippen molar-refractivity contribution in [1.82, 2.24) is 30.4 Å². The minimum absolute atomic E-state index is 0.0855. The first-order valence-corrected chi connectivity index (χ1v) is 19.3. The summed E-state index contributed by atoms with van der Waals surface area (Å²) in [5, 5.41) is 5.44. The molecular weight excluding hydrogens is 699 g/mol. The third-order valence-corrected chi connectivity index (χ3v) is 11.5. The van der Waals surface area contributed by atoms with Crippen LogP contribution in [0, 0.1) is 11.8 Å². The number of imidazole rings is 1. The van der Waals surface area contributed by atoms with Gasteiger partial charge in [0.2, 0.25) is 11.8 Å². The van der Waals surface area contributed by atoms with E-state index in [1.165, 1.54) is 36.5 Å². The number of alkyl carbamates (subject to hydrolysis) is 2. The van der Waals surface area contributed by atoms with Crippen LogP contribution >= 0.6 is 0 Å². The number of methoxy groups -OCH3 is 2. The number of aliphatic imine (C=N–C) groups is 1. The van der Waals surface area contributed by atoms with Crippen molar-refractivity contribution in [2.24, 2.45) is 16.8 Å². The fourth-order valence-electron chi connectivity index (χ4n) is 8.51. The number of hydrogen-bond acceptors (Lipinski definition) is 8. The number of amides is 4. The number of H-pyrrole nitrogens is 1. The van der Waals surface area contributed by atoms with Gasteiger partial charge in [-0.25, -0.2) is 14.6 Å². The van der Waals surface area contributed by atoms with Gasteiger partial charge < -0.3 is 34.9 Å². The molecule has 13 heteroatoms. The third-order valence-electron chi connectivity index (χ3n) is 11.5. The van der Waals surface area contributed by atoms with Crippen LogP contribution in [-0.4, -0.2) is 94.9 Å². The molecule has 0 bridgehead atoms. The van der Waals surface area contributed by atoms with Crippen LogP contribution in [0.4, 0.5) is 9.59 Å². The number of carbonyl (C=O) groups excluding carboxylic acids is 4. The number of aromatic amines is 1. The maximum absolute atomic E-state index is 13.6. The standard InChI is InChI=1S/C42H51N7O6/c1-23(2)36(46-41(52)54-5)39(50)48-15-7-9-34(48)32-20-29(21-43-32)25-11-13-30-27(17-25)19-28-18-26(12-14-31(28)30)33-22-44-38(45-33)35-10-8-16-49(35)40(51)37(24(3)4)47-42(53)55-6/h11-14,17-18,21-24,34-37H,7-10,15-16,19-20H2,1-6H3,(H,44,45)(H,46,52)(H,47,53)/t34-,35-,36-,37-/m0/s1. The molecule has 55 heavy (non-hydrogen) atoms. The molecule has 13 nitrogen and oxygen atoms in total. The van der Waals surface area contributed by atoms with Crippen LogP contribution in [-0.2, 0) is 25.5 Å². The van der Waals surface area contributed by atoms with Gasteiger partial charge in [-0.05, 0) is 89.0 Å². The van der Waals surface area contributed by atoms with E-state index in [4.69, 9.17) is 19.5 Å². The zero-order valence-electron chi connectivity index (χ0n) is 32.5. The zero-order chi connectivity index (χ0) is 39.0. The van der Waals surface area contributed by atoms with E-state index in [0.29, 0.717) is 19.5 Å². The first kappa shape index (κ1) is 37.8. The number of carbonyl (C=O) groups is 4. The smallest absolute Gasteiger partial charge is 0.407 e. The Hall–Kier alpha value is -5.46. The predicted octanol–water partition coefficient (Wildman–Crippen LogP) is 6.25. The van der Waals surface area contributed by atoms with E-state index in [2.05, 4.69) is 52.0 Å². The Labute approximate surface area is 322 Å². The van der Waals surface area contributed by atoms with Gasteiger partial charge in [0.25, 0.3) is 0 Å². The van der Waals surface area contributed by atoms with Crippen molar-refractivity contribution in [2.75, 3.05) is 27.3 Å². The van der Waals surface area contributed by atoms with E-state index in [-0.39, 0.29) is 35.7 Å². The number of allylic oxidation sites excluding steroid dienone is 1. The van der Waals surface area contributed by atoms with Crippen molar-refractivity contribution in [3.8, 4) is 22.4 Å². The Morgan fingerprint density at radius 1 is 0.764 bits per heavy atom. The number of likely N-dealkylation sites (tertiary alicyclic amines) is 2. The molecule has 7 rings (SSSR count). The summed E-state index contributed by atoms with van der Waals surface area (Å²) in [6, 6.07) is 11.5. The van der Waals surface area contributed by atoms with E-state index in [1.54, 1.807) is 0 Å². The Morgan fingerprint density at radius 3 is 1.89 bits per heavy atom. The van der Waals surface area contributed by atoms with E-state index in [9.17, 15) is 19.2 Å². The summed E-state index contributed by atoms with van der Waals surface area (Å²) in [4.78, 5) is 68.0. The summed E-state index contributed by atoms with van der Waals surface area (Å²) in [7, 11) is 2.60. The van der Waals surface area contributed by atoms with E-state index >= 15 is 0 Å². The quantitative estimate of drug-likeness (QED) is 0.173. The highest BCUT2D eigenvalue weighted by atomic mass is 16.5. The molecule has 0 saturated carbocycles. The lowest BCUT2D eigenvalue weighted by Gasteiger charge is -2.31. The molecule has 4 atom stereocenters. The van der Waals surface area contributed by atoms with Gasteiger partial charge in [-0.1, -0.05) is 58.0 Å².